The van der Waals surface area contributed by atoms with Gasteiger partial charge in [-0.25, -0.2) is 9.07 Å². The number of hydrogen-bond acceptors (Lipinski definition) is 6. The van der Waals surface area contributed by atoms with Gasteiger partial charge in [-0.3, -0.25) is 9.78 Å². The van der Waals surface area contributed by atoms with E-state index < -0.39 is 30.5 Å². The molecule has 0 radical (unpaired) electrons. The number of ether oxygens (including phenoxy) is 1. The van der Waals surface area contributed by atoms with Crippen LogP contribution in [0.25, 0.3) is 11.3 Å². The molecule has 8 nitrogen and oxygen atoms in total. The number of alkyl halides is 3. The van der Waals surface area contributed by atoms with Crippen LogP contribution < -0.4 is 15.0 Å². The Labute approximate surface area is 214 Å². The summed E-state index contributed by atoms with van der Waals surface area (Å²) in [6.07, 6.45) is 0.237. The Morgan fingerprint density at radius 3 is 2.66 bits per heavy atom. The van der Waals surface area contributed by atoms with Crippen LogP contribution in [0, 0.1) is 5.82 Å². The van der Waals surface area contributed by atoms with Crippen molar-refractivity contribution in [1.29, 1.82) is 0 Å². The first-order valence-electron chi connectivity index (χ1n) is 11.7. The quantitative estimate of drug-likeness (QED) is 0.343. The lowest BCUT2D eigenvalue weighted by molar-refractivity contribution is -0.134. The summed E-state index contributed by atoms with van der Waals surface area (Å²) in [5, 5.41) is 11.4. The highest BCUT2D eigenvalue weighted by Gasteiger charge is 2.40. The van der Waals surface area contributed by atoms with Crippen LogP contribution >= 0.6 is 0 Å². The summed E-state index contributed by atoms with van der Waals surface area (Å²) in [6, 6.07) is 11.6. The molecule has 12 heteroatoms. The van der Waals surface area contributed by atoms with E-state index in [1.165, 1.54) is 36.2 Å². The van der Waals surface area contributed by atoms with E-state index in [2.05, 4.69) is 20.6 Å². The Hall–Kier alpha value is -4.48. The minimum Gasteiger partial charge on any atom is -0.495 e. The Morgan fingerprint density at radius 2 is 1.92 bits per heavy atom. The van der Waals surface area contributed by atoms with Gasteiger partial charge in [-0.05, 0) is 49.2 Å². The second-order valence-electron chi connectivity index (χ2n) is 8.69. The molecule has 0 aliphatic carbocycles. The van der Waals surface area contributed by atoms with E-state index in [1.54, 1.807) is 42.7 Å². The van der Waals surface area contributed by atoms with E-state index in [-0.39, 0.29) is 24.1 Å². The van der Waals surface area contributed by atoms with E-state index in [0.29, 0.717) is 27.6 Å². The van der Waals surface area contributed by atoms with Gasteiger partial charge in [-0.2, -0.15) is 13.2 Å². The Balaban J connectivity index is 1.44. The van der Waals surface area contributed by atoms with Crippen LogP contribution in [0.15, 0.2) is 67.1 Å². The van der Waals surface area contributed by atoms with Crippen LogP contribution in [0.2, 0.25) is 0 Å². The third kappa shape index (κ3) is 5.15. The van der Waals surface area contributed by atoms with Crippen LogP contribution in [0.4, 0.5) is 34.6 Å². The standard InChI is InChI=1S/C26H22F4N6O2/c1-38-24-13-16(5-7-20(24)32-17-9-11-31-12-10-17)21-14-36(34-33-21)23-8-6-18-19(27)3-2-4-22(18)35(25(23)37)15-26(28,29)30/h2-5,7,9-14,23H,6,8,15H2,1H3,(H,31,32). The molecule has 5 rings (SSSR count). The van der Waals surface area contributed by atoms with E-state index in [1.807, 2.05) is 0 Å². The highest BCUT2D eigenvalue weighted by atomic mass is 19.4. The van der Waals surface area contributed by atoms with Gasteiger partial charge in [0.15, 0.2) is 0 Å². The van der Waals surface area contributed by atoms with Crippen molar-refractivity contribution in [2.24, 2.45) is 0 Å². The fourth-order valence-corrected chi connectivity index (χ4v) is 4.44. The summed E-state index contributed by atoms with van der Waals surface area (Å²) in [7, 11) is 1.52. The molecule has 4 aromatic rings. The molecule has 1 aliphatic heterocycles. The van der Waals surface area contributed by atoms with Crippen molar-refractivity contribution in [3.8, 4) is 17.0 Å². The number of hydrogen-bond donors (Lipinski definition) is 1. The first kappa shape index (κ1) is 25.2. The maximum absolute atomic E-state index is 14.5. The smallest absolute Gasteiger partial charge is 0.406 e. The molecule has 196 valence electrons. The molecule has 38 heavy (non-hydrogen) atoms. The zero-order valence-electron chi connectivity index (χ0n) is 20.1. The Kier molecular flexibility index (Phi) is 6.70. The molecule has 1 amide bonds. The van der Waals surface area contributed by atoms with Gasteiger partial charge in [-0.1, -0.05) is 17.3 Å². The van der Waals surface area contributed by atoms with Crippen molar-refractivity contribution in [2.75, 3.05) is 23.9 Å². The first-order chi connectivity index (χ1) is 18.2. The lowest BCUT2D eigenvalue weighted by Crippen LogP contribution is -2.42. The van der Waals surface area contributed by atoms with Gasteiger partial charge in [-0.15, -0.1) is 5.10 Å². The molecule has 0 bridgehead atoms. The number of methoxy groups -OCH3 is 1. The highest BCUT2D eigenvalue weighted by molar-refractivity contribution is 5.97. The van der Waals surface area contributed by atoms with E-state index in [4.69, 9.17) is 4.74 Å². The molecule has 1 unspecified atom stereocenters. The number of carbonyl (C=O) groups is 1. The minimum absolute atomic E-state index is 0.0576. The number of pyridine rings is 1. The number of halogens is 4. The number of benzene rings is 2. The number of carbonyl (C=O) groups excluding carboxylic acids is 1. The number of rotatable bonds is 6. The molecule has 0 saturated carbocycles. The van der Waals surface area contributed by atoms with Crippen molar-refractivity contribution in [2.45, 2.75) is 25.1 Å². The molecule has 1 N–H and O–H groups in total. The van der Waals surface area contributed by atoms with Crippen molar-refractivity contribution in [3.05, 3.63) is 78.5 Å². The van der Waals surface area contributed by atoms with Crippen LogP contribution in [-0.2, 0) is 11.2 Å². The molecular weight excluding hydrogens is 504 g/mol. The van der Waals surface area contributed by atoms with Crippen LogP contribution in [0.3, 0.4) is 0 Å². The average molecular weight is 526 g/mol. The fraction of sp³-hybridized carbons (Fsp3) is 0.231. The van der Waals surface area contributed by atoms with E-state index >= 15 is 0 Å². The van der Waals surface area contributed by atoms with Gasteiger partial charge in [0, 0.05) is 29.2 Å². The maximum atomic E-state index is 14.5. The SMILES string of the molecule is COc1cc(-c2cn(C3CCc4c(F)cccc4N(CC(F)(F)F)C3=O)nn2)ccc1Nc1ccncc1. The zero-order chi connectivity index (χ0) is 26.9. The van der Waals surface area contributed by atoms with Crippen molar-refractivity contribution in [3.63, 3.8) is 0 Å². The third-order valence-corrected chi connectivity index (χ3v) is 6.23. The molecule has 1 aliphatic rings. The predicted molar refractivity (Wildman–Crippen MR) is 132 cm³/mol. The Morgan fingerprint density at radius 1 is 1.13 bits per heavy atom. The summed E-state index contributed by atoms with van der Waals surface area (Å²) in [6.45, 7) is -1.54. The monoisotopic (exact) mass is 526 g/mol. The van der Waals surface area contributed by atoms with Gasteiger partial charge in [0.25, 0.3) is 5.91 Å². The molecule has 0 spiro atoms. The second-order valence-corrected chi connectivity index (χ2v) is 8.69. The van der Waals surface area contributed by atoms with Gasteiger partial charge in [0.05, 0.1) is 24.7 Å². The maximum Gasteiger partial charge on any atom is 0.406 e. The van der Waals surface area contributed by atoms with Crippen molar-refractivity contribution < 1.29 is 27.1 Å². The molecule has 2 aromatic carbocycles. The van der Waals surface area contributed by atoms with Gasteiger partial charge < -0.3 is 15.0 Å². The number of anilines is 3. The summed E-state index contributed by atoms with van der Waals surface area (Å²) in [5.41, 5.74) is 2.49. The topological polar surface area (TPSA) is 85.2 Å². The zero-order valence-corrected chi connectivity index (χ0v) is 20.1. The molecular formula is C26H22F4N6O2. The predicted octanol–water partition coefficient (Wildman–Crippen LogP) is 5.31. The number of fused-ring (bicyclic) bond motifs is 1. The molecule has 0 fully saturated rings. The summed E-state index contributed by atoms with van der Waals surface area (Å²) >= 11 is 0. The van der Waals surface area contributed by atoms with E-state index in [0.717, 1.165) is 5.69 Å². The largest absolute Gasteiger partial charge is 0.495 e. The van der Waals surface area contributed by atoms with Gasteiger partial charge >= 0.3 is 6.18 Å². The normalized spacial score (nSPS) is 15.7. The van der Waals surface area contributed by atoms with Crippen LogP contribution in [0.1, 0.15) is 18.0 Å². The molecule has 3 heterocycles. The molecule has 2 aromatic heterocycles. The van der Waals surface area contributed by atoms with Gasteiger partial charge in [0.1, 0.15) is 29.8 Å². The average Bonchev–Trinajstić information content (AvgIpc) is 3.33. The lowest BCUT2D eigenvalue weighted by atomic mass is 10.1. The lowest BCUT2D eigenvalue weighted by Gasteiger charge is -2.26. The second kappa shape index (κ2) is 10.1. The fourth-order valence-electron chi connectivity index (χ4n) is 4.44. The highest BCUT2D eigenvalue weighted by Crippen LogP contribution is 2.36. The number of nitrogens with one attached hydrogen (secondary N) is 1. The molecule has 1 atom stereocenters. The Bertz CT molecular complexity index is 1460. The number of amides is 1. The number of nitrogens with zero attached hydrogens (tertiary/aromatic N) is 5. The summed E-state index contributed by atoms with van der Waals surface area (Å²) in [4.78, 5) is 17.9. The molecule has 0 saturated heterocycles. The minimum atomic E-state index is -4.68. The summed E-state index contributed by atoms with van der Waals surface area (Å²) < 4.78 is 61.4. The van der Waals surface area contributed by atoms with Crippen LogP contribution in [-0.4, -0.2) is 45.7 Å². The van der Waals surface area contributed by atoms with E-state index in [9.17, 15) is 22.4 Å². The number of aromatic nitrogens is 4. The van der Waals surface area contributed by atoms with Crippen LogP contribution in [0.5, 0.6) is 5.75 Å². The van der Waals surface area contributed by atoms with Crippen molar-refractivity contribution in [1.82, 2.24) is 20.0 Å². The first-order valence-corrected chi connectivity index (χ1v) is 11.7. The summed E-state index contributed by atoms with van der Waals surface area (Å²) in [5.74, 6) is -0.978. The van der Waals surface area contributed by atoms with Crippen molar-refractivity contribution >= 4 is 23.0 Å². The third-order valence-electron chi connectivity index (χ3n) is 6.23. The van der Waals surface area contributed by atoms with Gasteiger partial charge in [0.2, 0.25) is 0 Å².